The summed E-state index contributed by atoms with van der Waals surface area (Å²) in [4.78, 5) is 16.5. The molecule has 0 aliphatic rings. The molecule has 6 heteroatoms. The Labute approximate surface area is 101 Å². The molecular weight excluding hydrogens is 220 g/mol. The van der Waals surface area contributed by atoms with Gasteiger partial charge < -0.3 is 10.6 Å². The first-order valence-electron chi connectivity index (χ1n) is 5.64. The maximum absolute atomic E-state index is 10.8. The molecule has 0 fully saturated rings. The predicted octanol–water partition coefficient (Wildman–Crippen LogP) is 2.20. The van der Waals surface area contributed by atoms with Crippen molar-refractivity contribution in [2.24, 2.45) is 0 Å². The summed E-state index contributed by atoms with van der Waals surface area (Å²) in [5, 5.41) is 10.8. The number of hydrogen-bond acceptors (Lipinski definition) is 5. The van der Waals surface area contributed by atoms with Gasteiger partial charge in [-0.1, -0.05) is 6.92 Å². The Morgan fingerprint density at radius 3 is 2.65 bits per heavy atom. The number of nitrogen functional groups attached to an aromatic ring is 1. The van der Waals surface area contributed by atoms with Gasteiger partial charge in [-0.3, -0.25) is 10.1 Å². The molecule has 1 rings (SSSR count). The van der Waals surface area contributed by atoms with Crippen molar-refractivity contribution in [3.63, 3.8) is 0 Å². The first kappa shape index (κ1) is 13.2. The zero-order chi connectivity index (χ0) is 13.0. The molecule has 17 heavy (non-hydrogen) atoms. The lowest BCUT2D eigenvalue weighted by Crippen LogP contribution is -2.32. The van der Waals surface area contributed by atoms with Crippen molar-refractivity contribution in [2.45, 2.75) is 33.2 Å². The number of nitro groups is 1. The summed E-state index contributed by atoms with van der Waals surface area (Å²) >= 11 is 0. The number of nitrogens with zero attached hydrogens (tertiary/aromatic N) is 3. The minimum atomic E-state index is -0.452. The standard InChI is InChI=1S/C11H18N4O2/c1-4-5-14(8(2)3)11-7-9(15(16)17)6-10(12)13-11/h6-8H,4-5H2,1-3H3,(H2,12,13). The third-order valence-corrected chi connectivity index (χ3v) is 2.41. The van der Waals surface area contributed by atoms with E-state index in [0.717, 1.165) is 13.0 Å². The van der Waals surface area contributed by atoms with Crippen LogP contribution in [0.2, 0.25) is 0 Å². The molecule has 2 N–H and O–H groups in total. The minimum Gasteiger partial charge on any atom is -0.383 e. The lowest BCUT2D eigenvalue weighted by Gasteiger charge is -2.27. The van der Waals surface area contributed by atoms with E-state index in [-0.39, 0.29) is 17.5 Å². The second-order valence-electron chi connectivity index (χ2n) is 4.15. The lowest BCUT2D eigenvalue weighted by molar-refractivity contribution is -0.384. The molecule has 0 aromatic carbocycles. The van der Waals surface area contributed by atoms with Crippen LogP contribution >= 0.6 is 0 Å². The molecule has 0 saturated carbocycles. The van der Waals surface area contributed by atoms with Gasteiger partial charge in [0.15, 0.2) is 0 Å². The van der Waals surface area contributed by atoms with Crippen LogP contribution in [-0.2, 0) is 0 Å². The van der Waals surface area contributed by atoms with Crippen LogP contribution in [0.4, 0.5) is 17.3 Å². The second kappa shape index (κ2) is 5.47. The summed E-state index contributed by atoms with van der Waals surface area (Å²) in [6.07, 6.45) is 0.947. The number of aromatic nitrogens is 1. The Morgan fingerprint density at radius 2 is 2.18 bits per heavy atom. The molecule has 0 atom stereocenters. The highest BCUT2D eigenvalue weighted by atomic mass is 16.6. The monoisotopic (exact) mass is 238 g/mol. The van der Waals surface area contributed by atoms with Crippen LogP contribution in [-0.4, -0.2) is 22.5 Å². The van der Waals surface area contributed by atoms with E-state index in [0.29, 0.717) is 5.82 Å². The summed E-state index contributed by atoms with van der Waals surface area (Å²) in [7, 11) is 0. The molecule has 6 nitrogen and oxygen atoms in total. The second-order valence-corrected chi connectivity index (χ2v) is 4.15. The van der Waals surface area contributed by atoms with Crippen LogP contribution in [0.5, 0.6) is 0 Å². The summed E-state index contributed by atoms with van der Waals surface area (Å²) in [6, 6.07) is 2.96. The Kier molecular flexibility index (Phi) is 4.25. The van der Waals surface area contributed by atoms with E-state index < -0.39 is 4.92 Å². The highest BCUT2D eigenvalue weighted by molar-refractivity contribution is 5.54. The van der Waals surface area contributed by atoms with E-state index in [9.17, 15) is 10.1 Å². The Morgan fingerprint density at radius 1 is 1.53 bits per heavy atom. The molecule has 94 valence electrons. The van der Waals surface area contributed by atoms with E-state index in [4.69, 9.17) is 5.73 Å². The third-order valence-electron chi connectivity index (χ3n) is 2.41. The first-order valence-corrected chi connectivity index (χ1v) is 5.64. The number of rotatable bonds is 5. The molecule has 0 amide bonds. The van der Waals surface area contributed by atoms with E-state index >= 15 is 0 Å². The molecule has 0 radical (unpaired) electrons. The number of anilines is 2. The van der Waals surface area contributed by atoms with Crippen LogP contribution in [0.25, 0.3) is 0 Å². The highest BCUT2D eigenvalue weighted by Crippen LogP contribution is 2.23. The van der Waals surface area contributed by atoms with Crippen LogP contribution in [0.3, 0.4) is 0 Å². The molecule has 1 heterocycles. The van der Waals surface area contributed by atoms with Gasteiger partial charge in [-0.05, 0) is 20.3 Å². The maximum Gasteiger partial charge on any atom is 0.276 e. The van der Waals surface area contributed by atoms with E-state index in [1.165, 1.54) is 12.1 Å². The zero-order valence-electron chi connectivity index (χ0n) is 10.4. The summed E-state index contributed by atoms with van der Waals surface area (Å²) < 4.78 is 0. The SMILES string of the molecule is CCCN(c1cc([N+](=O)[O-])cc(N)n1)C(C)C. The number of pyridine rings is 1. The van der Waals surface area contributed by atoms with Gasteiger partial charge in [-0.25, -0.2) is 4.98 Å². The van der Waals surface area contributed by atoms with Crippen molar-refractivity contribution in [2.75, 3.05) is 17.2 Å². The summed E-state index contributed by atoms with van der Waals surface area (Å²) in [5.41, 5.74) is 5.57. The van der Waals surface area contributed by atoms with Crippen LogP contribution in [0.1, 0.15) is 27.2 Å². The normalized spacial score (nSPS) is 10.6. The minimum absolute atomic E-state index is 0.0192. The van der Waals surface area contributed by atoms with Crippen molar-refractivity contribution < 1.29 is 4.92 Å². The van der Waals surface area contributed by atoms with Gasteiger partial charge in [0.1, 0.15) is 11.6 Å². The fraction of sp³-hybridized carbons (Fsp3) is 0.545. The largest absolute Gasteiger partial charge is 0.383 e. The molecule has 1 aromatic rings. The molecule has 0 aliphatic carbocycles. The third kappa shape index (κ3) is 3.30. The molecule has 0 bridgehead atoms. The number of nitrogens with two attached hydrogens (primary N) is 1. The molecule has 0 unspecified atom stereocenters. The predicted molar refractivity (Wildman–Crippen MR) is 68.1 cm³/mol. The number of hydrogen-bond donors (Lipinski definition) is 1. The summed E-state index contributed by atoms with van der Waals surface area (Å²) in [5.74, 6) is 0.740. The quantitative estimate of drug-likeness (QED) is 0.627. The van der Waals surface area contributed by atoms with Crippen molar-refractivity contribution in [1.82, 2.24) is 4.98 Å². The summed E-state index contributed by atoms with van der Waals surface area (Å²) in [6.45, 7) is 6.89. The topological polar surface area (TPSA) is 85.3 Å². The van der Waals surface area contributed by atoms with Gasteiger partial charge in [0.25, 0.3) is 5.69 Å². The van der Waals surface area contributed by atoms with E-state index in [1.54, 1.807) is 0 Å². The van der Waals surface area contributed by atoms with Crippen molar-refractivity contribution in [3.05, 3.63) is 22.2 Å². The molecule has 0 spiro atoms. The fourth-order valence-corrected chi connectivity index (χ4v) is 1.65. The van der Waals surface area contributed by atoms with Gasteiger partial charge in [0.2, 0.25) is 0 Å². The van der Waals surface area contributed by atoms with Gasteiger partial charge in [0, 0.05) is 12.6 Å². The van der Waals surface area contributed by atoms with E-state index in [1.807, 2.05) is 18.7 Å². The molecule has 0 aliphatic heterocycles. The van der Waals surface area contributed by atoms with Gasteiger partial charge >= 0.3 is 0 Å². The van der Waals surface area contributed by atoms with Crippen molar-refractivity contribution in [3.8, 4) is 0 Å². The fourth-order valence-electron chi connectivity index (χ4n) is 1.65. The van der Waals surface area contributed by atoms with Crippen LogP contribution in [0.15, 0.2) is 12.1 Å². The van der Waals surface area contributed by atoms with Crippen molar-refractivity contribution in [1.29, 1.82) is 0 Å². The molecule has 1 aromatic heterocycles. The average Bonchev–Trinajstić information content (AvgIpc) is 2.24. The first-order chi connectivity index (χ1) is 7.95. The molecule has 0 saturated heterocycles. The Balaban J connectivity index is 3.14. The van der Waals surface area contributed by atoms with E-state index in [2.05, 4.69) is 11.9 Å². The van der Waals surface area contributed by atoms with Crippen molar-refractivity contribution >= 4 is 17.3 Å². The average molecular weight is 238 g/mol. The maximum atomic E-state index is 10.8. The Hall–Kier alpha value is -1.85. The van der Waals surface area contributed by atoms with Gasteiger partial charge in [-0.15, -0.1) is 0 Å². The Bertz CT molecular complexity index is 406. The van der Waals surface area contributed by atoms with Gasteiger partial charge in [-0.2, -0.15) is 0 Å². The molecular formula is C11H18N4O2. The zero-order valence-corrected chi connectivity index (χ0v) is 10.4. The highest BCUT2D eigenvalue weighted by Gasteiger charge is 2.16. The van der Waals surface area contributed by atoms with Crippen LogP contribution < -0.4 is 10.6 Å². The van der Waals surface area contributed by atoms with Gasteiger partial charge in [0.05, 0.1) is 17.1 Å². The smallest absolute Gasteiger partial charge is 0.276 e. The van der Waals surface area contributed by atoms with Crippen LogP contribution in [0, 0.1) is 10.1 Å². The lowest BCUT2D eigenvalue weighted by atomic mass is 10.2.